The number of thioether (sulfide) groups is 1. The van der Waals surface area contributed by atoms with Crippen LogP contribution in [0.15, 0.2) is 17.1 Å². The molecule has 0 aromatic heterocycles. The Morgan fingerprint density at radius 2 is 1.84 bits per heavy atom. The highest BCUT2D eigenvalue weighted by Crippen LogP contribution is 2.34. The van der Waals surface area contributed by atoms with E-state index in [1.807, 2.05) is 23.9 Å². The van der Waals surface area contributed by atoms with Crippen molar-refractivity contribution in [2.75, 3.05) is 34.6 Å². The first-order valence-corrected chi connectivity index (χ1v) is 9.72. The van der Waals surface area contributed by atoms with E-state index in [0.717, 1.165) is 28.3 Å². The number of guanidine groups is 1. The van der Waals surface area contributed by atoms with Crippen molar-refractivity contribution in [3.63, 3.8) is 0 Å². The van der Waals surface area contributed by atoms with E-state index in [4.69, 9.17) is 14.2 Å². The van der Waals surface area contributed by atoms with Gasteiger partial charge in [0.1, 0.15) is 17.2 Å². The second kappa shape index (κ2) is 9.65. The zero-order chi connectivity index (χ0) is 18.2. The third-order valence-electron chi connectivity index (χ3n) is 4.53. The van der Waals surface area contributed by atoms with E-state index in [2.05, 4.69) is 21.9 Å². The maximum Gasteiger partial charge on any atom is 0.191 e. The zero-order valence-corrected chi connectivity index (χ0v) is 16.5. The van der Waals surface area contributed by atoms with Gasteiger partial charge in [-0.3, -0.25) is 4.99 Å². The predicted molar refractivity (Wildman–Crippen MR) is 104 cm³/mol. The number of ether oxygens (including phenoxy) is 3. The number of aliphatic imine (C=N–C) groups is 1. The van der Waals surface area contributed by atoms with Gasteiger partial charge in [-0.25, -0.2) is 0 Å². The van der Waals surface area contributed by atoms with Crippen molar-refractivity contribution >= 4 is 17.7 Å². The molecule has 25 heavy (non-hydrogen) atoms. The van der Waals surface area contributed by atoms with Crippen molar-refractivity contribution in [1.82, 2.24) is 10.6 Å². The largest absolute Gasteiger partial charge is 0.496 e. The van der Waals surface area contributed by atoms with Crippen molar-refractivity contribution in [2.24, 2.45) is 4.99 Å². The Balaban J connectivity index is 2.03. The van der Waals surface area contributed by atoms with E-state index >= 15 is 0 Å². The van der Waals surface area contributed by atoms with E-state index < -0.39 is 0 Å². The van der Waals surface area contributed by atoms with Crippen LogP contribution < -0.4 is 24.8 Å². The molecule has 1 aliphatic rings. The first kappa shape index (κ1) is 19.6. The molecule has 1 aromatic rings. The molecule has 0 heterocycles. The van der Waals surface area contributed by atoms with Crippen molar-refractivity contribution < 1.29 is 14.2 Å². The molecule has 1 fully saturated rings. The van der Waals surface area contributed by atoms with Gasteiger partial charge in [-0.2, -0.15) is 11.8 Å². The Bertz CT molecular complexity index is 570. The van der Waals surface area contributed by atoms with Gasteiger partial charge in [-0.05, 0) is 25.5 Å². The second-order valence-corrected chi connectivity index (χ2v) is 7.09. The molecule has 1 saturated carbocycles. The number of methoxy groups -OCH3 is 3. The summed E-state index contributed by atoms with van der Waals surface area (Å²) in [4.78, 5) is 4.34. The summed E-state index contributed by atoms with van der Waals surface area (Å²) in [5.41, 5.74) is 0.933. The Hall–Kier alpha value is -1.76. The smallest absolute Gasteiger partial charge is 0.191 e. The van der Waals surface area contributed by atoms with E-state index in [1.165, 1.54) is 19.3 Å². The fourth-order valence-electron chi connectivity index (χ4n) is 3.10. The van der Waals surface area contributed by atoms with Gasteiger partial charge in [-0.15, -0.1) is 0 Å². The molecule has 0 bridgehead atoms. The van der Waals surface area contributed by atoms with Crippen LogP contribution in [-0.4, -0.2) is 51.9 Å². The highest BCUT2D eigenvalue weighted by atomic mass is 32.2. The molecule has 0 radical (unpaired) electrons. The summed E-state index contributed by atoms with van der Waals surface area (Å²) in [5, 5.41) is 7.63. The van der Waals surface area contributed by atoms with Crippen LogP contribution in [0.25, 0.3) is 0 Å². The molecule has 140 valence electrons. The average Bonchev–Trinajstić information content (AvgIpc) is 3.11. The highest BCUT2D eigenvalue weighted by molar-refractivity contribution is 7.99. The number of hydrogen-bond acceptors (Lipinski definition) is 5. The maximum absolute atomic E-state index is 5.50. The van der Waals surface area contributed by atoms with Gasteiger partial charge >= 0.3 is 0 Å². The third-order valence-corrected chi connectivity index (χ3v) is 5.63. The van der Waals surface area contributed by atoms with Gasteiger partial charge in [0.25, 0.3) is 0 Å². The highest BCUT2D eigenvalue weighted by Gasteiger charge is 2.24. The van der Waals surface area contributed by atoms with Gasteiger partial charge < -0.3 is 24.8 Å². The molecule has 2 rings (SSSR count). The zero-order valence-electron chi connectivity index (χ0n) is 15.7. The minimum Gasteiger partial charge on any atom is -0.496 e. The Morgan fingerprint density at radius 1 is 1.16 bits per heavy atom. The van der Waals surface area contributed by atoms with Crippen molar-refractivity contribution in [3.8, 4) is 17.2 Å². The van der Waals surface area contributed by atoms with Crippen molar-refractivity contribution in [1.29, 1.82) is 0 Å². The third kappa shape index (κ3) is 5.11. The summed E-state index contributed by atoms with van der Waals surface area (Å²) in [6.45, 7) is 0.550. The SMILES string of the molecule is CN=C(NCc1c(OC)cc(OC)cc1OC)NC1CCC(SC)C1. The summed E-state index contributed by atoms with van der Waals surface area (Å²) in [7, 11) is 6.71. The molecule has 2 unspecified atom stereocenters. The lowest BCUT2D eigenvalue weighted by Crippen LogP contribution is -2.42. The molecule has 6 nitrogen and oxygen atoms in total. The Morgan fingerprint density at radius 3 is 2.32 bits per heavy atom. The lowest BCUT2D eigenvalue weighted by atomic mass is 10.1. The molecule has 0 amide bonds. The summed E-state index contributed by atoms with van der Waals surface area (Å²) in [6, 6.07) is 4.19. The topological polar surface area (TPSA) is 64.1 Å². The van der Waals surface area contributed by atoms with E-state index in [1.54, 1.807) is 28.4 Å². The van der Waals surface area contributed by atoms with Gasteiger partial charge in [0.05, 0.1) is 33.4 Å². The second-order valence-electron chi connectivity index (χ2n) is 5.95. The standard InChI is InChI=1S/C18H29N3O3S/c1-19-18(21-12-6-7-14(8-12)25-5)20-11-15-16(23-3)9-13(22-2)10-17(15)24-4/h9-10,12,14H,6-8,11H2,1-5H3,(H2,19,20,21). The molecule has 0 aliphatic heterocycles. The molecule has 2 atom stereocenters. The van der Waals surface area contributed by atoms with Crippen LogP contribution in [0.3, 0.4) is 0 Å². The van der Waals surface area contributed by atoms with Crippen LogP contribution in [0.1, 0.15) is 24.8 Å². The van der Waals surface area contributed by atoms with Crippen LogP contribution in [-0.2, 0) is 6.54 Å². The molecule has 1 aliphatic carbocycles. The van der Waals surface area contributed by atoms with Crippen LogP contribution >= 0.6 is 11.8 Å². The summed E-state index contributed by atoms with van der Waals surface area (Å²) in [6.07, 6.45) is 5.80. The normalized spacial score (nSPS) is 20.3. The van der Waals surface area contributed by atoms with Crippen molar-refractivity contribution in [3.05, 3.63) is 17.7 Å². The average molecular weight is 368 g/mol. The van der Waals surface area contributed by atoms with Crippen LogP contribution in [0.5, 0.6) is 17.2 Å². The molecule has 2 N–H and O–H groups in total. The number of benzene rings is 1. The van der Waals surface area contributed by atoms with E-state index in [-0.39, 0.29) is 0 Å². The minimum absolute atomic E-state index is 0.475. The fourth-order valence-corrected chi connectivity index (χ4v) is 3.89. The molecule has 7 heteroatoms. The van der Waals surface area contributed by atoms with Gasteiger partial charge in [0, 0.05) is 30.5 Å². The Kier molecular flexibility index (Phi) is 7.55. The first-order valence-electron chi connectivity index (χ1n) is 8.44. The first-order chi connectivity index (χ1) is 12.1. The van der Waals surface area contributed by atoms with Crippen LogP contribution in [0, 0.1) is 0 Å². The van der Waals surface area contributed by atoms with Gasteiger partial charge in [-0.1, -0.05) is 0 Å². The molecule has 1 aromatic carbocycles. The Labute approximate surface area is 154 Å². The molecule has 0 spiro atoms. The van der Waals surface area contributed by atoms with Crippen molar-refractivity contribution in [2.45, 2.75) is 37.1 Å². The monoisotopic (exact) mass is 367 g/mol. The molecular weight excluding hydrogens is 338 g/mol. The summed E-state index contributed by atoms with van der Waals surface area (Å²) < 4.78 is 16.3. The summed E-state index contributed by atoms with van der Waals surface area (Å²) in [5.74, 6) is 2.95. The summed E-state index contributed by atoms with van der Waals surface area (Å²) >= 11 is 1.95. The number of rotatable bonds is 7. The van der Waals surface area contributed by atoms with Gasteiger partial charge in [0.2, 0.25) is 0 Å². The van der Waals surface area contributed by atoms with E-state index in [0.29, 0.717) is 18.3 Å². The van der Waals surface area contributed by atoms with Crippen LogP contribution in [0.4, 0.5) is 0 Å². The maximum atomic E-state index is 5.50. The lowest BCUT2D eigenvalue weighted by Gasteiger charge is -2.19. The fraction of sp³-hybridized carbons (Fsp3) is 0.611. The van der Waals surface area contributed by atoms with Gasteiger partial charge in [0.15, 0.2) is 5.96 Å². The molecule has 0 saturated heterocycles. The lowest BCUT2D eigenvalue weighted by molar-refractivity contribution is 0.368. The number of nitrogens with one attached hydrogen (secondary N) is 2. The quantitative estimate of drug-likeness (QED) is 0.571. The number of hydrogen-bond donors (Lipinski definition) is 2. The molecular formula is C18H29N3O3S. The predicted octanol–water partition coefficient (Wildman–Crippen LogP) is 2.66. The number of nitrogens with zero attached hydrogens (tertiary/aromatic N) is 1. The van der Waals surface area contributed by atoms with Crippen LogP contribution in [0.2, 0.25) is 0 Å². The minimum atomic E-state index is 0.475. The van der Waals surface area contributed by atoms with E-state index in [9.17, 15) is 0 Å².